The molecule has 1 amide bonds. The number of anilines is 1. The number of rotatable bonds is 4. The van der Waals surface area contributed by atoms with Crippen LogP contribution in [0.5, 0.6) is 11.5 Å². The maximum absolute atomic E-state index is 13.3. The molecule has 0 bridgehead atoms. The molecule has 1 aliphatic heterocycles. The van der Waals surface area contributed by atoms with E-state index < -0.39 is 55.9 Å². The summed E-state index contributed by atoms with van der Waals surface area (Å²) in [6.45, 7) is 1.30. The second-order valence-corrected chi connectivity index (χ2v) is 9.17. The molecule has 0 saturated heterocycles. The number of hydrogen-bond donors (Lipinski definition) is 0. The number of fused-ring (bicyclic) bond motifs is 2. The first-order valence-corrected chi connectivity index (χ1v) is 10.9. The average molecular weight is 491 g/mol. The molecular weight excluding hydrogens is 477 g/mol. The van der Waals surface area contributed by atoms with Gasteiger partial charge in [0.1, 0.15) is 5.65 Å². The summed E-state index contributed by atoms with van der Waals surface area (Å²) >= 11 is 0. The molecule has 3 aromatic rings. The fourth-order valence-corrected chi connectivity index (χ4v) is 4.35. The van der Waals surface area contributed by atoms with Gasteiger partial charge in [-0.05, 0) is 24.3 Å². The molecule has 0 radical (unpaired) electrons. The molecule has 0 saturated carbocycles. The highest BCUT2D eigenvalue weighted by atomic mass is 32.2. The van der Waals surface area contributed by atoms with Crippen LogP contribution in [0.25, 0.3) is 5.65 Å². The van der Waals surface area contributed by atoms with Crippen molar-refractivity contribution in [2.45, 2.75) is 24.4 Å². The number of hydrogen-bond acceptors (Lipinski definition) is 6. The number of nitrogens with zero attached hydrogens (tertiary/aromatic N) is 3. The van der Waals surface area contributed by atoms with Gasteiger partial charge in [0.15, 0.2) is 32.1 Å². The second-order valence-electron chi connectivity index (χ2n) is 6.97. The third-order valence-electron chi connectivity index (χ3n) is 4.86. The first kappa shape index (κ1) is 22.8. The van der Waals surface area contributed by atoms with Crippen molar-refractivity contribution >= 4 is 27.1 Å². The van der Waals surface area contributed by atoms with Crippen LogP contribution in [-0.4, -0.2) is 42.8 Å². The van der Waals surface area contributed by atoms with Crippen LogP contribution in [0.2, 0.25) is 0 Å². The van der Waals surface area contributed by atoms with Crippen molar-refractivity contribution < 1.29 is 44.6 Å². The predicted octanol–water partition coefficient (Wildman–Crippen LogP) is 3.74. The molecule has 3 heterocycles. The summed E-state index contributed by atoms with van der Waals surface area (Å²) in [6.07, 6.45) is -7.73. The molecule has 2 aromatic heterocycles. The molecule has 1 aromatic carbocycles. The smallest absolute Gasteiger partial charge is 0.395 e. The zero-order valence-electron chi connectivity index (χ0n) is 16.9. The number of imidazole rings is 1. The highest BCUT2D eigenvalue weighted by molar-refractivity contribution is 7.91. The van der Waals surface area contributed by atoms with E-state index in [1.807, 2.05) is 0 Å². The fraction of sp³-hybridized carbons (Fsp3) is 0.263. The van der Waals surface area contributed by atoms with Crippen molar-refractivity contribution in [3.05, 3.63) is 47.8 Å². The number of ether oxygens (including phenoxy) is 2. The molecule has 0 aliphatic carbocycles. The minimum atomic E-state index is -4.72. The highest BCUT2D eigenvalue weighted by Gasteiger charge is 2.43. The standard InChI is InChI=1S/C19H14F5N3O5S/c1-3-33(29,30)17-15(25-14-8-10(18(20,21)22)6-7-27(14)17)16(28)26(2)11-4-5-12-13(9-11)32-19(23,24)31-12/h4-9H,3H2,1-2H3. The number of carbonyl (C=O) groups excluding carboxylic acids is 1. The summed E-state index contributed by atoms with van der Waals surface area (Å²) in [5.74, 6) is -2.08. The van der Waals surface area contributed by atoms with Crippen molar-refractivity contribution in [1.29, 1.82) is 0 Å². The fourth-order valence-electron chi connectivity index (χ4n) is 3.19. The van der Waals surface area contributed by atoms with Gasteiger partial charge in [-0.15, -0.1) is 8.78 Å². The van der Waals surface area contributed by atoms with Crippen molar-refractivity contribution in [3.8, 4) is 11.5 Å². The lowest BCUT2D eigenvalue weighted by Gasteiger charge is -2.17. The Balaban J connectivity index is 1.81. The van der Waals surface area contributed by atoms with E-state index >= 15 is 0 Å². The number of pyridine rings is 1. The lowest BCUT2D eigenvalue weighted by atomic mass is 10.2. The highest BCUT2D eigenvalue weighted by Crippen LogP contribution is 2.43. The van der Waals surface area contributed by atoms with Crippen molar-refractivity contribution in [3.63, 3.8) is 0 Å². The molecule has 0 unspecified atom stereocenters. The van der Waals surface area contributed by atoms with Gasteiger partial charge in [0.05, 0.1) is 11.3 Å². The molecule has 0 spiro atoms. The van der Waals surface area contributed by atoms with Crippen LogP contribution >= 0.6 is 0 Å². The van der Waals surface area contributed by atoms with E-state index in [0.717, 1.165) is 27.6 Å². The van der Waals surface area contributed by atoms with E-state index in [1.54, 1.807) is 0 Å². The number of benzene rings is 1. The zero-order chi connectivity index (χ0) is 24.3. The summed E-state index contributed by atoms with van der Waals surface area (Å²) in [5, 5.41) is -0.585. The number of alkyl halides is 5. The number of aromatic nitrogens is 2. The molecule has 8 nitrogen and oxygen atoms in total. The van der Waals surface area contributed by atoms with Crippen molar-refractivity contribution in [2.24, 2.45) is 0 Å². The minimum Gasteiger partial charge on any atom is -0.395 e. The van der Waals surface area contributed by atoms with Gasteiger partial charge < -0.3 is 14.4 Å². The Morgan fingerprint density at radius 3 is 2.45 bits per heavy atom. The molecule has 0 N–H and O–H groups in total. The van der Waals surface area contributed by atoms with Crippen LogP contribution in [-0.2, 0) is 16.0 Å². The normalized spacial score (nSPS) is 15.1. The molecule has 4 rings (SSSR count). The Kier molecular flexibility index (Phi) is 5.03. The minimum absolute atomic E-state index is 0.0212. The maximum Gasteiger partial charge on any atom is 0.586 e. The van der Waals surface area contributed by atoms with Gasteiger partial charge in [-0.2, -0.15) is 13.2 Å². The van der Waals surface area contributed by atoms with Crippen LogP contribution in [0.15, 0.2) is 41.6 Å². The van der Waals surface area contributed by atoms with Crippen LogP contribution in [0.4, 0.5) is 27.6 Å². The van der Waals surface area contributed by atoms with E-state index in [2.05, 4.69) is 14.5 Å². The molecule has 0 fully saturated rings. The van der Waals surface area contributed by atoms with Crippen LogP contribution in [0.1, 0.15) is 23.0 Å². The lowest BCUT2D eigenvalue weighted by molar-refractivity contribution is -0.286. The zero-order valence-corrected chi connectivity index (χ0v) is 17.7. The third-order valence-corrected chi connectivity index (χ3v) is 6.60. The molecule has 14 heteroatoms. The van der Waals surface area contributed by atoms with E-state index in [4.69, 9.17) is 0 Å². The molecular formula is C19H14F5N3O5S. The van der Waals surface area contributed by atoms with Gasteiger partial charge in [0, 0.05) is 25.0 Å². The van der Waals surface area contributed by atoms with Crippen LogP contribution < -0.4 is 14.4 Å². The molecule has 0 atom stereocenters. The summed E-state index contributed by atoms with van der Waals surface area (Å²) in [6, 6.07) is 4.72. The monoisotopic (exact) mass is 491 g/mol. The quantitative estimate of drug-likeness (QED) is 0.517. The summed E-state index contributed by atoms with van der Waals surface area (Å²) < 4.78 is 101. The van der Waals surface area contributed by atoms with Crippen LogP contribution in [0.3, 0.4) is 0 Å². The van der Waals surface area contributed by atoms with Crippen LogP contribution in [0, 0.1) is 0 Å². The first-order chi connectivity index (χ1) is 15.2. The summed E-state index contributed by atoms with van der Waals surface area (Å²) in [7, 11) is -2.90. The Morgan fingerprint density at radius 2 is 1.82 bits per heavy atom. The van der Waals surface area contributed by atoms with Gasteiger partial charge in [-0.3, -0.25) is 9.20 Å². The van der Waals surface area contributed by atoms with E-state index in [1.165, 1.54) is 20.0 Å². The first-order valence-electron chi connectivity index (χ1n) is 9.23. The van der Waals surface area contributed by atoms with Gasteiger partial charge in [0.2, 0.25) is 0 Å². The number of halogens is 5. The van der Waals surface area contributed by atoms with E-state index in [-0.39, 0.29) is 17.2 Å². The van der Waals surface area contributed by atoms with Crippen molar-refractivity contribution in [2.75, 3.05) is 17.7 Å². The Hall–Kier alpha value is -3.42. The number of carbonyl (C=O) groups is 1. The Bertz CT molecular complexity index is 1380. The lowest BCUT2D eigenvalue weighted by Crippen LogP contribution is -2.28. The van der Waals surface area contributed by atoms with Crippen molar-refractivity contribution in [1.82, 2.24) is 9.38 Å². The van der Waals surface area contributed by atoms with Gasteiger partial charge >= 0.3 is 12.5 Å². The van der Waals surface area contributed by atoms with Gasteiger partial charge in [-0.25, -0.2) is 13.4 Å². The third kappa shape index (κ3) is 3.94. The molecule has 176 valence electrons. The summed E-state index contributed by atoms with van der Waals surface area (Å²) in [4.78, 5) is 17.9. The maximum atomic E-state index is 13.3. The topological polar surface area (TPSA) is 90.2 Å². The average Bonchev–Trinajstić information content (AvgIpc) is 3.27. The van der Waals surface area contributed by atoms with Gasteiger partial charge in [0.25, 0.3) is 5.91 Å². The molecule has 1 aliphatic rings. The predicted molar refractivity (Wildman–Crippen MR) is 103 cm³/mol. The Morgan fingerprint density at radius 1 is 1.15 bits per heavy atom. The molecule has 33 heavy (non-hydrogen) atoms. The SMILES string of the molecule is CCS(=O)(=O)c1c(C(=O)N(C)c2ccc3c(c2)OC(F)(F)O3)nc2cc(C(F)(F)F)ccn12. The van der Waals surface area contributed by atoms with E-state index in [9.17, 15) is 35.2 Å². The van der Waals surface area contributed by atoms with Gasteiger partial charge in [-0.1, -0.05) is 6.92 Å². The summed E-state index contributed by atoms with van der Waals surface area (Å²) in [5.41, 5.74) is -2.09. The number of amides is 1. The largest absolute Gasteiger partial charge is 0.586 e. The van der Waals surface area contributed by atoms with E-state index in [0.29, 0.717) is 12.1 Å². The second kappa shape index (κ2) is 7.30. The number of sulfone groups is 1. The Labute approximate surface area is 183 Å².